The second kappa shape index (κ2) is 7.35. The molecule has 0 unspecified atom stereocenters. The van der Waals surface area contributed by atoms with Crippen LogP contribution >= 0.6 is 0 Å². The number of aryl methyl sites for hydroxylation is 1. The number of hydrogen-bond donors (Lipinski definition) is 0. The summed E-state index contributed by atoms with van der Waals surface area (Å²) in [5.41, 5.74) is 5.22. The molecule has 122 valence electrons. The fourth-order valence-corrected chi connectivity index (χ4v) is 3.28. The first-order valence-electron chi connectivity index (χ1n) is 8.61. The molecule has 1 heteroatoms. The zero-order valence-corrected chi connectivity index (χ0v) is 14.7. The minimum absolute atomic E-state index is 0.295. The number of anilines is 1. The van der Waals surface area contributed by atoms with Gasteiger partial charge in [0, 0.05) is 5.69 Å². The highest BCUT2D eigenvalue weighted by Crippen LogP contribution is 2.35. The summed E-state index contributed by atoms with van der Waals surface area (Å²) >= 11 is 0. The van der Waals surface area contributed by atoms with Crippen molar-refractivity contribution < 1.29 is 0 Å². The highest BCUT2D eigenvalue weighted by atomic mass is 15.2. The third-order valence-electron chi connectivity index (χ3n) is 4.73. The summed E-state index contributed by atoms with van der Waals surface area (Å²) in [5.74, 6) is 0. The van der Waals surface area contributed by atoms with Gasteiger partial charge in [-0.1, -0.05) is 78.4 Å². The van der Waals surface area contributed by atoms with Gasteiger partial charge in [-0.15, -0.1) is 0 Å². The molecule has 0 heterocycles. The van der Waals surface area contributed by atoms with Gasteiger partial charge >= 0.3 is 0 Å². The lowest BCUT2D eigenvalue weighted by molar-refractivity contribution is 0.586. The third-order valence-corrected chi connectivity index (χ3v) is 4.73. The molecule has 0 aliphatic heterocycles. The minimum Gasteiger partial charge on any atom is -0.358 e. The van der Waals surface area contributed by atoms with Gasteiger partial charge in [-0.3, -0.25) is 0 Å². The molecular weight excluding hydrogens is 290 g/mol. The Morgan fingerprint density at radius 2 is 1.00 bits per heavy atom. The maximum Gasteiger partial charge on any atom is 0.0520 e. The molecule has 0 N–H and O–H groups in total. The van der Waals surface area contributed by atoms with Crippen LogP contribution in [-0.2, 0) is 0 Å². The van der Waals surface area contributed by atoms with E-state index in [2.05, 4.69) is 111 Å². The Bertz CT molecular complexity index is 702. The zero-order chi connectivity index (χ0) is 16.9. The van der Waals surface area contributed by atoms with Crippen molar-refractivity contribution in [2.24, 2.45) is 0 Å². The molecule has 2 atom stereocenters. The predicted octanol–water partition coefficient (Wildman–Crippen LogP) is 6.32. The summed E-state index contributed by atoms with van der Waals surface area (Å²) in [4.78, 5) is 2.50. The molecule has 0 saturated carbocycles. The Hall–Kier alpha value is -2.54. The van der Waals surface area contributed by atoms with Crippen LogP contribution in [0, 0.1) is 6.92 Å². The van der Waals surface area contributed by atoms with Gasteiger partial charge in [0.15, 0.2) is 0 Å². The van der Waals surface area contributed by atoms with Crippen LogP contribution in [0.4, 0.5) is 5.69 Å². The predicted molar refractivity (Wildman–Crippen MR) is 103 cm³/mol. The minimum atomic E-state index is 0.295. The lowest BCUT2D eigenvalue weighted by Crippen LogP contribution is -2.30. The van der Waals surface area contributed by atoms with Gasteiger partial charge in [0.05, 0.1) is 12.1 Å². The molecule has 3 aromatic carbocycles. The molecule has 0 spiro atoms. The first-order valence-corrected chi connectivity index (χ1v) is 8.61. The van der Waals surface area contributed by atoms with Crippen LogP contribution in [0.15, 0.2) is 84.9 Å². The molecule has 0 fully saturated rings. The average molecular weight is 315 g/mol. The second-order valence-corrected chi connectivity index (χ2v) is 6.42. The van der Waals surface area contributed by atoms with Crippen LogP contribution < -0.4 is 4.90 Å². The molecule has 0 amide bonds. The molecule has 3 rings (SSSR count). The van der Waals surface area contributed by atoms with Gasteiger partial charge in [-0.05, 0) is 44.0 Å². The topological polar surface area (TPSA) is 3.24 Å². The Morgan fingerprint density at radius 3 is 1.42 bits per heavy atom. The second-order valence-electron chi connectivity index (χ2n) is 6.42. The molecule has 3 aromatic rings. The molecule has 0 bridgehead atoms. The van der Waals surface area contributed by atoms with Crippen LogP contribution in [0.25, 0.3) is 0 Å². The summed E-state index contributed by atoms with van der Waals surface area (Å²) in [5, 5.41) is 0. The summed E-state index contributed by atoms with van der Waals surface area (Å²) in [6.07, 6.45) is 0. The first kappa shape index (κ1) is 16.3. The first-order chi connectivity index (χ1) is 11.7. The maximum atomic E-state index is 2.50. The van der Waals surface area contributed by atoms with Crippen LogP contribution in [0.5, 0.6) is 0 Å². The van der Waals surface area contributed by atoms with Crippen LogP contribution in [0.1, 0.15) is 42.6 Å². The van der Waals surface area contributed by atoms with E-state index in [4.69, 9.17) is 0 Å². The van der Waals surface area contributed by atoms with Crippen LogP contribution in [0.2, 0.25) is 0 Å². The summed E-state index contributed by atoms with van der Waals surface area (Å²) in [6, 6.07) is 30.9. The molecule has 0 aliphatic rings. The van der Waals surface area contributed by atoms with E-state index in [1.54, 1.807) is 0 Å². The Kier molecular flexibility index (Phi) is 5.00. The van der Waals surface area contributed by atoms with Crippen molar-refractivity contribution in [3.8, 4) is 0 Å². The lowest BCUT2D eigenvalue weighted by atomic mass is 10.00. The molecule has 1 nitrogen and oxygen atoms in total. The van der Waals surface area contributed by atoms with E-state index in [1.807, 2.05) is 0 Å². The number of nitrogens with zero attached hydrogens (tertiary/aromatic N) is 1. The largest absolute Gasteiger partial charge is 0.358 e. The summed E-state index contributed by atoms with van der Waals surface area (Å²) in [6.45, 7) is 6.71. The fourth-order valence-electron chi connectivity index (χ4n) is 3.28. The van der Waals surface area contributed by atoms with Crippen LogP contribution in [0.3, 0.4) is 0 Å². The van der Waals surface area contributed by atoms with Gasteiger partial charge in [0.2, 0.25) is 0 Å². The standard InChI is InChI=1S/C23H25N/c1-18-14-16-23(17-15-18)24(19(2)21-10-6-4-7-11-21)20(3)22-12-8-5-9-13-22/h4-17,19-20H,1-3H3/t19-,20+. The van der Waals surface area contributed by atoms with E-state index < -0.39 is 0 Å². The van der Waals surface area contributed by atoms with E-state index in [0.717, 1.165) is 0 Å². The highest BCUT2D eigenvalue weighted by Gasteiger charge is 2.23. The average Bonchev–Trinajstić information content (AvgIpc) is 2.64. The molecule has 0 saturated heterocycles. The van der Waals surface area contributed by atoms with E-state index in [-0.39, 0.29) is 0 Å². The van der Waals surface area contributed by atoms with E-state index in [0.29, 0.717) is 12.1 Å². The number of benzene rings is 3. The molecule has 0 aromatic heterocycles. The van der Waals surface area contributed by atoms with Crippen LogP contribution in [-0.4, -0.2) is 0 Å². The third kappa shape index (κ3) is 3.51. The van der Waals surface area contributed by atoms with E-state index in [9.17, 15) is 0 Å². The summed E-state index contributed by atoms with van der Waals surface area (Å²) < 4.78 is 0. The molecular formula is C23H25N. The molecule has 0 radical (unpaired) electrons. The van der Waals surface area contributed by atoms with Gasteiger partial charge in [0.25, 0.3) is 0 Å². The van der Waals surface area contributed by atoms with E-state index in [1.165, 1.54) is 22.4 Å². The summed E-state index contributed by atoms with van der Waals surface area (Å²) in [7, 11) is 0. The maximum absolute atomic E-state index is 2.50. The van der Waals surface area contributed by atoms with Gasteiger partial charge in [-0.2, -0.15) is 0 Å². The Balaban J connectivity index is 2.02. The van der Waals surface area contributed by atoms with Crippen molar-refractivity contribution in [2.75, 3.05) is 4.90 Å². The normalized spacial score (nSPS) is 13.3. The van der Waals surface area contributed by atoms with Crippen molar-refractivity contribution >= 4 is 5.69 Å². The lowest BCUT2D eigenvalue weighted by Gasteiger charge is -2.37. The van der Waals surface area contributed by atoms with Crippen molar-refractivity contribution in [1.29, 1.82) is 0 Å². The SMILES string of the molecule is Cc1ccc(N([C@H](C)c2ccccc2)[C@@H](C)c2ccccc2)cc1. The highest BCUT2D eigenvalue weighted by molar-refractivity contribution is 5.52. The van der Waals surface area contributed by atoms with Gasteiger partial charge in [0.1, 0.15) is 0 Å². The van der Waals surface area contributed by atoms with Crippen molar-refractivity contribution in [2.45, 2.75) is 32.9 Å². The molecule has 0 aliphatic carbocycles. The Morgan fingerprint density at radius 1 is 0.583 bits per heavy atom. The monoisotopic (exact) mass is 315 g/mol. The van der Waals surface area contributed by atoms with Crippen molar-refractivity contribution in [3.63, 3.8) is 0 Å². The van der Waals surface area contributed by atoms with Crippen molar-refractivity contribution in [1.82, 2.24) is 0 Å². The van der Waals surface area contributed by atoms with Gasteiger partial charge in [-0.25, -0.2) is 0 Å². The van der Waals surface area contributed by atoms with E-state index >= 15 is 0 Å². The quantitative estimate of drug-likeness (QED) is 0.532. The number of hydrogen-bond acceptors (Lipinski definition) is 1. The number of rotatable bonds is 5. The van der Waals surface area contributed by atoms with Crippen molar-refractivity contribution in [3.05, 3.63) is 102 Å². The smallest absolute Gasteiger partial charge is 0.0520 e. The van der Waals surface area contributed by atoms with Gasteiger partial charge < -0.3 is 4.90 Å². The molecule has 24 heavy (non-hydrogen) atoms. The Labute approximate surface area is 145 Å². The fraction of sp³-hybridized carbons (Fsp3) is 0.217. The zero-order valence-electron chi connectivity index (χ0n) is 14.7.